The number of aliphatic hydroxyl groups is 1. The van der Waals surface area contributed by atoms with Crippen LogP contribution in [0.5, 0.6) is 0 Å². The standard InChI is InChI=1S/C4H10BrNO/c1-4(7)3-6(2)5/h4,7H,3H2,1-2H3. The number of hydrogen-bond donors (Lipinski definition) is 1. The third-order valence-corrected chi connectivity index (χ3v) is 0.805. The number of hydrogen-bond acceptors (Lipinski definition) is 2. The molecule has 0 aromatic carbocycles. The van der Waals surface area contributed by atoms with Crippen molar-refractivity contribution in [1.82, 2.24) is 3.93 Å². The van der Waals surface area contributed by atoms with Gasteiger partial charge in [-0.15, -0.1) is 0 Å². The largest absolute Gasteiger partial charge is 0.392 e. The van der Waals surface area contributed by atoms with Crippen molar-refractivity contribution in [3.05, 3.63) is 0 Å². The summed E-state index contributed by atoms with van der Waals surface area (Å²) in [5.41, 5.74) is 0. The highest BCUT2D eigenvalue weighted by atomic mass is 79.9. The first-order valence-corrected chi connectivity index (χ1v) is 2.89. The maximum absolute atomic E-state index is 8.65. The lowest BCUT2D eigenvalue weighted by molar-refractivity contribution is 0.176. The molecule has 0 aromatic heterocycles. The van der Waals surface area contributed by atoms with E-state index in [0.717, 1.165) is 0 Å². The quantitative estimate of drug-likeness (QED) is 0.610. The maximum Gasteiger partial charge on any atom is 0.0648 e. The summed E-state index contributed by atoms with van der Waals surface area (Å²) < 4.78 is 1.76. The predicted molar refractivity (Wildman–Crippen MR) is 33.2 cm³/mol. The molecule has 0 saturated carbocycles. The van der Waals surface area contributed by atoms with Crippen LogP contribution in [0.25, 0.3) is 0 Å². The van der Waals surface area contributed by atoms with Crippen LogP contribution in [0.15, 0.2) is 0 Å². The lowest BCUT2D eigenvalue weighted by atomic mass is 10.4. The molecule has 0 rings (SSSR count). The molecule has 0 spiro atoms. The Kier molecular flexibility index (Phi) is 3.60. The minimum Gasteiger partial charge on any atom is -0.392 e. The molecule has 0 aromatic rings. The number of rotatable bonds is 2. The highest BCUT2D eigenvalue weighted by Gasteiger charge is 1.95. The molecule has 0 radical (unpaired) electrons. The van der Waals surface area contributed by atoms with E-state index >= 15 is 0 Å². The van der Waals surface area contributed by atoms with Gasteiger partial charge in [0.05, 0.1) is 6.10 Å². The fourth-order valence-electron chi connectivity index (χ4n) is 0.364. The molecule has 0 heterocycles. The summed E-state index contributed by atoms with van der Waals surface area (Å²) in [6, 6.07) is 0. The topological polar surface area (TPSA) is 23.5 Å². The fourth-order valence-corrected chi connectivity index (χ4v) is 0.783. The second-order valence-corrected chi connectivity index (χ2v) is 2.85. The fraction of sp³-hybridized carbons (Fsp3) is 1.00. The van der Waals surface area contributed by atoms with Crippen LogP contribution in [0, 0.1) is 0 Å². The summed E-state index contributed by atoms with van der Waals surface area (Å²) in [6.45, 7) is 2.41. The Hall–Kier alpha value is 0.400. The minimum atomic E-state index is -0.246. The van der Waals surface area contributed by atoms with Crippen molar-refractivity contribution < 1.29 is 5.11 Å². The van der Waals surface area contributed by atoms with Crippen molar-refractivity contribution in [3.63, 3.8) is 0 Å². The van der Waals surface area contributed by atoms with Gasteiger partial charge in [-0.1, -0.05) is 0 Å². The molecule has 0 fully saturated rings. The molecule has 0 bridgehead atoms. The van der Waals surface area contributed by atoms with Crippen molar-refractivity contribution >= 4 is 16.1 Å². The Morgan fingerprint density at radius 2 is 2.29 bits per heavy atom. The molecule has 0 aliphatic carbocycles. The smallest absolute Gasteiger partial charge is 0.0648 e. The molecule has 7 heavy (non-hydrogen) atoms. The van der Waals surface area contributed by atoms with E-state index in [-0.39, 0.29) is 6.10 Å². The van der Waals surface area contributed by atoms with Gasteiger partial charge in [-0.25, -0.2) is 3.93 Å². The Bertz CT molecular complexity index is 41.0. The number of halogens is 1. The summed E-state index contributed by atoms with van der Waals surface area (Å²) in [5, 5.41) is 8.65. The lowest BCUT2D eigenvalue weighted by Gasteiger charge is -2.07. The van der Waals surface area contributed by atoms with Gasteiger partial charge in [0, 0.05) is 22.7 Å². The zero-order valence-corrected chi connectivity index (χ0v) is 6.14. The molecule has 1 atom stereocenters. The molecule has 0 aliphatic rings. The Morgan fingerprint density at radius 1 is 1.86 bits per heavy atom. The predicted octanol–water partition coefficient (Wildman–Crippen LogP) is 0.609. The van der Waals surface area contributed by atoms with Gasteiger partial charge >= 0.3 is 0 Å². The number of nitrogens with zero attached hydrogens (tertiary/aromatic N) is 1. The highest BCUT2D eigenvalue weighted by Crippen LogP contribution is 1.92. The molecular weight excluding hydrogens is 158 g/mol. The normalized spacial score (nSPS) is 15.0. The summed E-state index contributed by atoms with van der Waals surface area (Å²) >= 11 is 3.15. The second kappa shape index (κ2) is 3.41. The first-order valence-electron chi connectivity index (χ1n) is 2.18. The monoisotopic (exact) mass is 167 g/mol. The van der Waals surface area contributed by atoms with Crippen molar-refractivity contribution in [3.8, 4) is 0 Å². The van der Waals surface area contributed by atoms with Gasteiger partial charge in [0.25, 0.3) is 0 Å². The van der Waals surface area contributed by atoms with E-state index in [0.29, 0.717) is 6.54 Å². The Morgan fingerprint density at radius 3 is 2.29 bits per heavy atom. The van der Waals surface area contributed by atoms with Crippen LogP contribution < -0.4 is 0 Å². The van der Waals surface area contributed by atoms with Gasteiger partial charge in [-0.05, 0) is 14.0 Å². The molecule has 0 amide bonds. The highest BCUT2D eigenvalue weighted by molar-refractivity contribution is 9.07. The summed E-state index contributed by atoms with van der Waals surface area (Å²) in [4.78, 5) is 0. The third kappa shape index (κ3) is 6.40. The van der Waals surface area contributed by atoms with Crippen LogP contribution in [0.1, 0.15) is 6.92 Å². The molecule has 0 saturated heterocycles. The third-order valence-electron chi connectivity index (χ3n) is 0.516. The van der Waals surface area contributed by atoms with Gasteiger partial charge in [0.15, 0.2) is 0 Å². The first-order chi connectivity index (χ1) is 3.13. The summed E-state index contributed by atoms with van der Waals surface area (Å²) in [7, 11) is 1.85. The second-order valence-electron chi connectivity index (χ2n) is 1.64. The van der Waals surface area contributed by atoms with Gasteiger partial charge in [0.2, 0.25) is 0 Å². The Balaban J connectivity index is 2.95. The van der Waals surface area contributed by atoms with Crippen molar-refractivity contribution in [2.45, 2.75) is 13.0 Å². The van der Waals surface area contributed by atoms with Crippen molar-refractivity contribution in [2.75, 3.05) is 13.6 Å². The van der Waals surface area contributed by atoms with Crippen LogP contribution >= 0.6 is 16.1 Å². The molecular formula is C4H10BrNO. The van der Waals surface area contributed by atoms with Crippen LogP contribution in [0.3, 0.4) is 0 Å². The minimum absolute atomic E-state index is 0.246. The summed E-state index contributed by atoms with van der Waals surface area (Å²) in [6.07, 6.45) is -0.246. The van der Waals surface area contributed by atoms with Crippen LogP contribution in [0.4, 0.5) is 0 Å². The van der Waals surface area contributed by atoms with E-state index < -0.39 is 0 Å². The van der Waals surface area contributed by atoms with Crippen molar-refractivity contribution in [1.29, 1.82) is 0 Å². The number of likely N-dealkylation sites (N-methyl/N-ethyl adjacent to an activating group) is 1. The average Bonchev–Trinajstić information content (AvgIpc) is 1.27. The molecule has 44 valence electrons. The van der Waals surface area contributed by atoms with E-state index in [1.807, 2.05) is 7.05 Å². The van der Waals surface area contributed by atoms with E-state index in [1.54, 1.807) is 10.8 Å². The molecule has 1 N–H and O–H groups in total. The number of aliphatic hydroxyl groups excluding tert-OH is 1. The van der Waals surface area contributed by atoms with Gasteiger partial charge in [-0.3, -0.25) is 0 Å². The van der Waals surface area contributed by atoms with E-state index in [2.05, 4.69) is 16.1 Å². The Labute approximate surface area is 52.5 Å². The maximum atomic E-state index is 8.65. The van der Waals surface area contributed by atoms with Gasteiger partial charge in [0.1, 0.15) is 0 Å². The zero-order chi connectivity index (χ0) is 5.86. The zero-order valence-electron chi connectivity index (χ0n) is 4.56. The molecule has 0 aliphatic heterocycles. The molecule has 2 nitrogen and oxygen atoms in total. The van der Waals surface area contributed by atoms with E-state index in [1.165, 1.54) is 0 Å². The average molecular weight is 168 g/mol. The molecule has 1 unspecified atom stereocenters. The van der Waals surface area contributed by atoms with Crippen LogP contribution in [0.2, 0.25) is 0 Å². The summed E-state index contributed by atoms with van der Waals surface area (Å²) in [5.74, 6) is 0. The van der Waals surface area contributed by atoms with Crippen molar-refractivity contribution in [2.24, 2.45) is 0 Å². The SMILES string of the molecule is CC(O)CN(C)Br. The van der Waals surface area contributed by atoms with Crippen LogP contribution in [-0.2, 0) is 0 Å². The van der Waals surface area contributed by atoms with Crippen LogP contribution in [-0.4, -0.2) is 28.7 Å². The lowest BCUT2D eigenvalue weighted by Crippen LogP contribution is -2.17. The van der Waals surface area contributed by atoms with Gasteiger partial charge in [-0.2, -0.15) is 0 Å². The first kappa shape index (κ1) is 7.40. The van der Waals surface area contributed by atoms with E-state index in [4.69, 9.17) is 5.11 Å². The molecule has 3 heteroatoms. The van der Waals surface area contributed by atoms with Gasteiger partial charge < -0.3 is 5.11 Å². The van der Waals surface area contributed by atoms with E-state index in [9.17, 15) is 0 Å².